The molecular weight excluding hydrogens is 365 g/mol. The fraction of sp³-hybridized carbons (Fsp3) is 0.667. The first-order valence-corrected chi connectivity index (χ1v) is 9.67. The molecule has 1 amide bonds. The third-order valence-corrected chi connectivity index (χ3v) is 5.39. The lowest BCUT2D eigenvalue weighted by Crippen LogP contribution is -2.62. The van der Waals surface area contributed by atoms with Gasteiger partial charge >= 0.3 is 0 Å². The van der Waals surface area contributed by atoms with E-state index in [0.717, 1.165) is 31.6 Å². The molecule has 0 radical (unpaired) electrons. The second kappa shape index (κ2) is 9.35. The number of piperidine rings is 1. The first-order chi connectivity index (χ1) is 13.5. The third-order valence-electron chi connectivity index (χ3n) is 5.39. The second-order valence-electron chi connectivity index (χ2n) is 7.44. The van der Waals surface area contributed by atoms with Crippen molar-refractivity contribution in [3.63, 3.8) is 0 Å². The van der Waals surface area contributed by atoms with Gasteiger partial charge in [-0.3, -0.25) is 20.0 Å². The number of nitrogens with one attached hydrogen (secondary N) is 2. The Morgan fingerprint density at radius 2 is 2.18 bits per heavy atom. The predicted molar refractivity (Wildman–Crippen MR) is 106 cm³/mol. The summed E-state index contributed by atoms with van der Waals surface area (Å²) in [5.74, 6) is -1.41. The average Bonchev–Trinajstić information content (AvgIpc) is 2.70. The van der Waals surface area contributed by atoms with Gasteiger partial charge in [-0.05, 0) is 32.4 Å². The minimum atomic E-state index is -1.26. The molecule has 28 heavy (non-hydrogen) atoms. The number of pyridine rings is 1. The number of hydrogen-bond donors (Lipinski definition) is 3. The summed E-state index contributed by atoms with van der Waals surface area (Å²) in [5, 5.41) is 8.71. The lowest BCUT2D eigenvalue weighted by Gasteiger charge is -2.40. The van der Waals surface area contributed by atoms with Crippen LogP contribution in [0.4, 0.5) is 15.8 Å². The SMILES string of the molecule is CN1CC(F)CNC1C(C(=O)Nc1cnccc1N1CCCCC1)C(N)N=O. The van der Waals surface area contributed by atoms with Crippen molar-refractivity contribution < 1.29 is 9.18 Å². The maximum absolute atomic E-state index is 13.6. The number of hydrogen-bond acceptors (Lipinski definition) is 8. The van der Waals surface area contributed by atoms with Gasteiger partial charge in [0.15, 0.2) is 6.17 Å². The Kier molecular flexibility index (Phi) is 6.87. The summed E-state index contributed by atoms with van der Waals surface area (Å²) >= 11 is 0. The van der Waals surface area contributed by atoms with Crippen molar-refractivity contribution in [1.29, 1.82) is 0 Å². The van der Waals surface area contributed by atoms with Crippen LogP contribution < -0.4 is 21.3 Å². The van der Waals surface area contributed by atoms with Crippen molar-refractivity contribution in [2.45, 2.75) is 37.8 Å². The molecule has 4 unspecified atom stereocenters. The van der Waals surface area contributed by atoms with Gasteiger partial charge in [-0.15, -0.1) is 4.91 Å². The minimum Gasteiger partial charge on any atom is -0.370 e. The quantitative estimate of drug-likeness (QED) is 0.614. The van der Waals surface area contributed by atoms with Crippen LogP contribution in [0.15, 0.2) is 23.6 Å². The number of anilines is 2. The zero-order valence-corrected chi connectivity index (χ0v) is 16.1. The lowest BCUT2D eigenvalue weighted by molar-refractivity contribution is -0.124. The highest BCUT2D eigenvalue weighted by atomic mass is 19.1. The van der Waals surface area contributed by atoms with Crippen LogP contribution in [0.1, 0.15) is 19.3 Å². The molecule has 3 rings (SSSR count). The molecule has 4 N–H and O–H groups in total. The van der Waals surface area contributed by atoms with Gasteiger partial charge < -0.3 is 16.0 Å². The van der Waals surface area contributed by atoms with E-state index in [1.807, 2.05) is 6.07 Å². The Hall–Kier alpha value is -2.17. The van der Waals surface area contributed by atoms with Crippen molar-refractivity contribution >= 4 is 17.3 Å². The van der Waals surface area contributed by atoms with Crippen molar-refractivity contribution in [3.8, 4) is 0 Å². The van der Waals surface area contributed by atoms with E-state index in [4.69, 9.17) is 5.73 Å². The van der Waals surface area contributed by atoms with E-state index in [9.17, 15) is 14.1 Å². The molecule has 2 aliphatic heterocycles. The smallest absolute Gasteiger partial charge is 0.234 e. The van der Waals surface area contributed by atoms with Crippen LogP contribution in [-0.2, 0) is 4.79 Å². The minimum absolute atomic E-state index is 0.0935. The Labute approximate surface area is 163 Å². The second-order valence-corrected chi connectivity index (χ2v) is 7.44. The Balaban J connectivity index is 1.80. The standard InChI is InChI=1S/C18H28FN7O2/c1-25-11-12(19)9-22-17(25)15(16(20)24-28)18(27)23-13-10-21-6-5-14(13)26-7-3-2-4-8-26/h5-6,10,12,15-17,22H,2-4,7-9,11,20H2,1H3,(H,23,27). The zero-order valence-electron chi connectivity index (χ0n) is 16.1. The summed E-state index contributed by atoms with van der Waals surface area (Å²) in [7, 11) is 1.68. The summed E-state index contributed by atoms with van der Waals surface area (Å²) in [6.07, 6.45) is 3.77. The molecule has 0 saturated carbocycles. The van der Waals surface area contributed by atoms with E-state index in [-0.39, 0.29) is 13.1 Å². The van der Waals surface area contributed by atoms with E-state index in [1.165, 1.54) is 6.42 Å². The fourth-order valence-electron chi connectivity index (χ4n) is 3.96. The molecule has 0 aromatic carbocycles. The number of carbonyl (C=O) groups excluding carboxylic acids is 1. The molecule has 0 bridgehead atoms. The number of amides is 1. The highest BCUT2D eigenvalue weighted by Gasteiger charge is 2.40. The van der Waals surface area contributed by atoms with Crippen LogP contribution in [0.25, 0.3) is 0 Å². The largest absolute Gasteiger partial charge is 0.370 e. The van der Waals surface area contributed by atoms with Crippen molar-refractivity contribution in [3.05, 3.63) is 23.4 Å². The van der Waals surface area contributed by atoms with Gasteiger partial charge in [0, 0.05) is 32.4 Å². The molecule has 1 aromatic rings. The first-order valence-electron chi connectivity index (χ1n) is 9.67. The zero-order chi connectivity index (χ0) is 20.1. The maximum atomic E-state index is 13.6. The Morgan fingerprint density at radius 1 is 1.43 bits per heavy atom. The van der Waals surface area contributed by atoms with Crippen LogP contribution in [0, 0.1) is 10.8 Å². The molecule has 2 aliphatic rings. The van der Waals surface area contributed by atoms with Gasteiger partial charge in [0.1, 0.15) is 12.1 Å². The Morgan fingerprint density at radius 3 is 2.86 bits per heavy atom. The van der Waals surface area contributed by atoms with Crippen LogP contribution in [0.3, 0.4) is 0 Å². The van der Waals surface area contributed by atoms with E-state index >= 15 is 0 Å². The molecular formula is C18H28FN7O2. The number of halogens is 1. The number of nitrogens with zero attached hydrogens (tertiary/aromatic N) is 4. The molecule has 2 saturated heterocycles. The number of nitrogens with two attached hydrogens (primary N) is 1. The van der Waals surface area contributed by atoms with E-state index in [1.54, 1.807) is 24.3 Å². The molecule has 154 valence electrons. The summed E-state index contributed by atoms with van der Waals surface area (Å²) in [5.41, 5.74) is 7.31. The van der Waals surface area contributed by atoms with E-state index in [0.29, 0.717) is 5.69 Å². The normalized spacial score (nSPS) is 25.8. The van der Waals surface area contributed by atoms with E-state index in [2.05, 4.69) is 25.7 Å². The summed E-state index contributed by atoms with van der Waals surface area (Å²) in [6.45, 7) is 2.07. The first kappa shape index (κ1) is 20.6. The maximum Gasteiger partial charge on any atom is 0.234 e. The molecule has 10 heteroatoms. The number of alkyl halides is 1. The highest BCUT2D eigenvalue weighted by Crippen LogP contribution is 2.28. The monoisotopic (exact) mass is 393 g/mol. The predicted octanol–water partition coefficient (Wildman–Crippen LogP) is 0.877. The van der Waals surface area contributed by atoms with Crippen molar-refractivity contribution in [2.24, 2.45) is 16.8 Å². The Bertz CT molecular complexity index is 686. The number of carbonyl (C=O) groups is 1. The molecule has 0 spiro atoms. The summed E-state index contributed by atoms with van der Waals surface area (Å²) < 4.78 is 13.6. The van der Waals surface area contributed by atoms with Gasteiger partial charge in [-0.25, -0.2) is 4.39 Å². The van der Waals surface area contributed by atoms with Crippen molar-refractivity contribution in [1.82, 2.24) is 15.2 Å². The van der Waals surface area contributed by atoms with Crippen LogP contribution in [0.2, 0.25) is 0 Å². The summed E-state index contributed by atoms with van der Waals surface area (Å²) in [6, 6.07) is 1.87. The summed E-state index contributed by atoms with van der Waals surface area (Å²) in [4.78, 5) is 32.2. The number of nitroso groups, excluding NO2 is 1. The molecule has 1 aromatic heterocycles. The van der Waals surface area contributed by atoms with Crippen LogP contribution >= 0.6 is 0 Å². The van der Waals surface area contributed by atoms with Gasteiger partial charge in [-0.2, -0.15) is 0 Å². The van der Waals surface area contributed by atoms with Gasteiger partial charge in [0.2, 0.25) is 5.91 Å². The third kappa shape index (κ3) is 4.62. The lowest BCUT2D eigenvalue weighted by atomic mass is 9.98. The molecule has 4 atom stereocenters. The van der Waals surface area contributed by atoms with Gasteiger partial charge in [-0.1, -0.05) is 5.18 Å². The number of aromatic nitrogens is 1. The van der Waals surface area contributed by atoms with Crippen LogP contribution in [-0.4, -0.2) is 67.5 Å². The molecule has 0 aliphatic carbocycles. The fourth-order valence-corrected chi connectivity index (χ4v) is 3.96. The highest BCUT2D eigenvalue weighted by molar-refractivity contribution is 5.96. The van der Waals surface area contributed by atoms with Gasteiger partial charge in [0.05, 0.1) is 23.7 Å². The number of rotatable bonds is 6. The molecule has 3 heterocycles. The van der Waals surface area contributed by atoms with Crippen LogP contribution in [0.5, 0.6) is 0 Å². The molecule has 9 nitrogen and oxygen atoms in total. The topological polar surface area (TPSA) is 116 Å². The van der Waals surface area contributed by atoms with E-state index < -0.39 is 30.3 Å². The molecule has 2 fully saturated rings. The van der Waals surface area contributed by atoms with Crippen molar-refractivity contribution in [2.75, 3.05) is 43.4 Å². The van der Waals surface area contributed by atoms with Gasteiger partial charge in [0.25, 0.3) is 0 Å². The average molecular weight is 393 g/mol.